The molecule has 0 aliphatic carbocycles. The number of thioether (sulfide) groups is 1. The summed E-state index contributed by atoms with van der Waals surface area (Å²) in [4.78, 5) is 116. The molecular weight excluding hydrogens is 1100 g/mol. The highest BCUT2D eigenvalue weighted by atomic mass is 32.2. The summed E-state index contributed by atoms with van der Waals surface area (Å²) in [6.07, 6.45) is 4.22. The molecule has 0 bridgehead atoms. The van der Waals surface area contributed by atoms with Crippen LogP contribution < -0.4 is 26.6 Å². The lowest BCUT2D eigenvalue weighted by Gasteiger charge is -2.41. The maximum Gasteiger partial charge on any atom is 0.327 e. The predicted molar refractivity (Wildman–Crippen MR) is 305 cm³/mol. The summed E-state index contributed by atoms with van der Waals surface area (Å²) >= 11 is 1.03. The highest BCUT2D eigenvalue weighted by Gasteiger charge is 2.38. The van der Waals surface area contributed by atoms with E-state index in [1.807, 2.05) is 55.7 Å². The Morgan fingerprint density at radius 2 is 1.36 bits per heavy atom. The molecule has 0 saturated heterocycles. The lowest BCUT2D eigenvalue weighted by molar-refractivity contribution is -0.141. The first-order valence-electron chi connectivity index (χ1n) is 27.5. The van der Waals surface area contributed by atoms with Crippen LogP contribution in [0, 0.1) is 23.0 Å². The van der Waals surface area contributed by atoms with E-state index in [4.69, 9.17) is 18.9 Å². The van der Waals surface area contributed by atoms with Gasteiger partial charge >= 0.3 is 5.97 Å². The minimum atomic E-state index is -1.26. The summed E-state index contributed by atoms with van der Waals surface area (Å²) in [6, 6.07) is 10.4. The van der Waals surface area contributed by atoms with E-state index in [9.17, 15) is 52.6 Å². The second-order valence-electron chi connectivity index (χ2n) is 21.0. The SMILES string of the molecule is CC(=O)N[C@@H](CSCC(=O)N(CCCNC(=O)[C@H](C)NC(=O)[C@@H](NC(=O)CCOCCOCCOCCOCCNC(=O)CCN1C(=O)C=CC1=O)C(C)C)[C@@H](c1cc(-c2cc(F)ccc2F)cn1Cc1ccccc1)C(C)(C)C)C(=O)O. The third-order valence-electron chi connectivity index (χ3n) is 12.8. The number of aromatic nitrogens is 1. The van der Waals surface area contributed by atoms with E-state index in [0.29, 0.717) is 37.6 Å². The van der Waals surface area contributed by atoms with Crippen molar-refractivity contribution in [2.75, 3.05) is 90.5 Å². The number of hydrogen-bond donors (Lipinski definition) is 6. The molecule has 3 aromatic rings. The second kappa shape index (κ2) is 35.2. The van der Waals surface area contributed by atoms with Gasteiger partial charge in [0, 0.05) is 93.4 Å². The highest BCUT2D eigenvalue weighted by Crippen LogP contribution is 2.41. The first-order valence-corrected chi connectivity index (χ1v) is 28.7. The zero-order valence-corrected chi connectivity index (χ0v) is 49.1. The molecule has 0 unspecified atom stereocenters. The third kappa shape index (κ3) is 24.0. The van der Waals surface area contributed by atoms with Crippen molar-refractivity contribution < 1.29 is 76.0 Å². The molecule has 4 atom stereocenters. The molecule has 0 saturated carbocycles. The maximum absolute atomic E-state index is 15.4. The molecule has 1 aliphatic rings. The number of halogens is 2. The zero-order valence-electron chi connectivity index (χ0n) is 48.3. The molecule has 0 spiro atoms. The van der Waals surface area contributed by atoms with Gasteiger partial charge in [-0.1, -0.05) is 65.0 Å². The van der Waals surface area contributed by atoms with Gasteiger partial charge in [-0.15, -0.1) is 11.8 Å². The van der Waals surface area contributed by atoms with Crippen molar-refractivity contribution >= 4 is 65.0 Å². The number of ether oxygens (including phenoxy) is 4. The number of hydrogen-bond acceptors (Lipinski definition) is 14. The van der Waals surface area contributed by atoms with Gasteiger partial charge < -0.3 is 60.1 Å². The smallest absolute Gasteiger partial charge is 0.327 e. The third-order valence-corrected chi connectivity index (χ3v) is 13.8. The van der Waals surface area contributed by atoms with Crippen LogP contribution in [0.25, 0.3) is 11.1 Å². The standard InChI is InChI=1S/C58H80F2N8O14S/c1-38(2)53(65-49(71)19-24-79-26-28-81-30-31-82-29-27-80-25-21-61-48(70)18-23-67-50(72)16-17-51(67)73)56(76)63-39(3)55(75)62-20-11-22-68(52(74)37-83-36-46(57(77)78)64-40(4)69)54(58(5,6)7)47-32-42(44-33-43(59)14-15-45(44)60)35-66(47)34-41-12-9-8-10-13-41/h8-10,12-17,32-33,35,38-39,46,53-54H,11,18-31,34,36-37H2,1-7H3,(H,61,70)(H,62,75)(H,63,76)(H,64,69)(H,65,71)(H,77,78)/t39-,46-,53-,54-/m0/s1. The van der Waals surface area contributed by atoms with Crippen LogP contribution in [0.3, 0.4) is 0 Å². The number of nitrogens with zero attached hydrogens (tertiary/aromatic N) is 3. The number of carboxylic acids is 1. The van der Waals surface area contributed by atoms with Gasteiger partial charge in [0.1, 0.15) is 29.8 Å². The summed E-state index contributed by atoms with van der Waals surface area (Å²) in [7, 11) is 0. The fourth-order valence-corrected chi connectivity index (χ4v) is 9.60. The Balaban J connectivity index is 1.24. The molecule has 2 heterocycles. The Hall–Kier alpha value is -7.06. The van der Waals surface area contributed by atoms with E-state index in [1.54, 1.807) is 31.0 Å². The topological polar surface area (TPSA) is 282 Å². The van der Waals surface area contributed by atoms with Crippen LogP contribution in [0.1, 0.15) is 85.0 Å². The van der Waals surface area contributed by atoms with E-state index < -0.39 is 82.6 Å². The molecular formula is C58H80F2N8O14S. The van der Waals surface area contributed by atoms with Gasteiger partial charge in [-0.25, -0.2) is 13.6 Å². The van der Waals surface area contributed by atoms with E-state index in [2.05, 4.69) is 26.6 Å². The average molecular weight is 1180 g/mol. The van der Waals surface area contributed by atoms with E-state index >= 15 is 4.39 Å². The van der Waals surface area contributed by atoms with Gasteiger partial charge in [-0.05, 0) is 54.5 Å². The van der Waals surface area contributed by atoms with Crippen molar-refractivity contribution in [1.29, 1.82) is 0 Å². The average Bonchev–Trinajstić information content (AvgIpc) is 4.11. The molecule has 4 rings (SSSR count). The molecule has 6 N–H and O–H groups in total. The Kier molecular flexibility index (Phi) is 29.0. The van der Waals surface area contributed by atoms with E-state index in [1.165, 1.54) is 13.8 Å². The molecule has 2 aromatic carbocycles. The van der Waals surface area contributed by atoms with Gasteiger partial charge in [0.2, 0.25) is 35.4 Å². The maximum atomic E-state index is 15.4. The fraction of sp³-hybridized carbons (Fsp3) is 0.534. The second-order valence-corrected chi connectivity index (χ2v) is 22.0. The Bertz CT molecular complexity index is 2670. The predicted octanol–water partition coefficient (Wildman–Crippen LogP) is 3.76. The number of aliphatic carboxylic acids is 1. The van der Waals surface area contributed by atoms with Crippen LogP contribution in [0.5, 0.6) is 0 Å². The summed E-state index contributed by atoms with van der Waals surface area (Å²) in [5.41, 5.74) is 1.21. The number of carbonyl (C=O) groups is 9. The first-order chi connectivity index (χ1) is 39.5. The van der Waals surface area contributed by atoms with Crippen molar-refractivity contribution in [2.24, 2.45) is 11.3 Å². The minimum absolute atomic E-state index is 0.00422. The molecule has 456 valence electrons. The summed E-state index contributed by atoms with van der Waals surface area (Å²) in [5.74, 6) is -6.84. The number of amides is 8. The molecule has 83 heavy (non-hydrogen) atoms. The molecule has 8 amide bonds. The van der Waals surface area contributed by atoms with Gasteiger partial charge in [-0.2, -0.15) is 0 Å². The van der Waals surface area contributed by atoms with Crippen LogP contribution in [-0.4, -0.2) is 181 Å². The number of nitrogens with one attached hydrogen (secondary N) is 5. The van der Waals surface area contributed by atoms with Crippen LogP contribution >= 0.6 is 11.8 Å². The number of carboxylic acid groups (broad SMARTS) is 1. The Morgan fingerprint density at radius 3 is 1.96 bits per heavy atom. The van der Waals surface area contributed by atoms with Crippen molar-refractivity contribution in [3.63, 3.8) is 0 Å². The molecule has 0 radical (unpaired) electrons. The normalized spacial score (nSPS) is 13.8. The van der Waals surface area contributed by atoms with Gasteiger partial charge in [-0.3, -0.25) is 43.3 Å². The van der Waals surface area contributed by atoms with Crippen LogP contribution in [-0.2, 0) is 68.6 Å². The lowest BCUT2D eigenvalue weighted by Crippen LogP contribution is -2.54. The summed E-state index contributed by atoms with van der Waals surface area (Å²) in [6.45, 7) is 14.6. The summed E-state index contributed by atoms with van der Waals surface area (Å²) < 4.78 is 53.8. The first kappa shape index (κ1) is 68.4. The zero-order chi connectivity index (χ0) is 61.1. The molecule has 22 nitrogen and oxygen atoms in total. The van der Waals surface area contributed by atoms with Gasteiger partial charge in [0.05, 0.1) is 64.6 Å². The van der Waals surface area contributed by atoms with Crippen molar-refractivity contribution in [3.8, 4) is 11.1 Å². The number of imide groups is 1. The van der Waals surface area contributed by atoms with Crippen LogP contribution in [0.15, 0.2) is 72.9 Å². The van der Waals surface area contributed by atoms with Crippen molar-refractivity contribution in [1.82, 2.24) is 41.0 Å². The Morgan fingerprint density at radius 1 is 0.735 bits per heavy atom. The Labute approximate surface area is 487 Å². The monoisotopic (exact) mass is 1180 g/mol. The largest absolute Gasteiger partial charge is 0.480 e. The van der Waals surface area contributed by atoms with Crippen LogP contribution in [0.4, 0.5) is 8.78 Å². The van der Waals surface area contributed by atoms with Gasteiger partial charge in [0.15, 0.2) is 0 Å². The van der Waals surface area contributed by atoms with Gasteiger partial charge in [0.25, 0.3) is 11.8 Å². The molecule has 1 aliphatic heterocycles. The molecule has 25 heteroatoms. The number of carbonyl (C=O) groups excluding carboxylic acids is 8. The lowest BCUT2D eigenvalue weighted by atomic mass is 9.83. The van der Waals surface area contributed by atoms with E-state index in [0.717, 1.165) is 52.6 Å². The minimum Gasteiger partial charge on any atom is -0.480 e. The van der Waals surface area contributed by atoms with Crippen molar-refractivity contribution in [2.45, 2.75) is 98.4 Å². The number of rotatable bonds is 38. The summed E-state index contributed by atoms with van der Waals surface area (Å²) in [5, 5.41) is 23.0. The van der Waals surface area contributed by atoms with Crippen LogP contribution in [0.2, 0.25) is 0 Å². The highest BCUT2D eigenvalue weighted by molar-refractivity contribution is 8.00. The molecule has 0 fully saturated rings. The van der Waals surface area contributed by atoms with E-state index in [-0.39, 0.29) is 113 Å². The number of benzene rings is 2. The fourth-order valence-electron chi connectivity index (χ4n) is 8.68. The molecule has 1 aromatic heterocycles. The quantitative estimate of drug-likeness (QED) is 0.0352. The van der Waals surface area contributed by atoms with Crippen molar-refractivity contribution in [3.05, 3.63) is 95.8 Å².